The number of hydrogen-bond acceptors (Lipinski definition) is 5. The molecule has 0 spiro atoms. The third kappa shape index (κ3) is 2.80. The molecule has 0 bridgehead atoms. The zero-order chi connectivity index (χ0) is 9.68. The fraction of sp³-hybridized carbons (Fsp3) is 0.429. The van der Waals surface area contributed by atoms with Crippen molar-refractivity contribution in [3.05, 3.63) is 5.01 Å². The number of hydrogen-bond donors (Lipinski definition) is 1. The first-order valence-corrected chi connectivity index (χ1v) is 4.57. The van der Waals surface area contributed by atoms with Gasteiger partial charge >= 0.3 is 0 Å². The van der Waals surface area contributed by atoms with E-state index in [0.29, 0.717) is 5.13 Å². The van der Waals surface area contributed by atoms with E-state index in [4.69, 9.17) is 5.26 Å². The molecule has 0 radical (unpaired) electrons. The van der Waals surface area contributed by atoms with Crippen LogP contribution >= 0.6 is 11.3 Å². The zero-order valence-corrected chi connectivity index (χ0v) is 7.89. The van der Waals surface area contributed by atoms with E-state index in [1.165, 1.54) is 11.3 Å². The van der Waals surface area contributed by atoms with Gasteiger partial charge < -0.3 is 0 Å². The van der Waals surface area contributed by atoms with Gasteiger partial charge in [0.15, 0.2) is 0 Å². The average molecular weight is 196 g/mol. The molecule has 0 aliphatic rings. The maximum atomic E-state index is 10.9. The molecule has 13 heavy (non-hydrogen) atoms. The SMILES string of the molecule is CCc1nnc(NC(=O)CC#N)s1. The van der Waals surface area contributed by atoms with Crippen molar-refractivity contribution in [1.29, 1.82) is 5.26 Å². The average Bonchev–Trinajstić information content (AvgIpc) is 2.52. The standard InChI is InChI=1S/C7H8N4OS/c1-2-6-10-11-7(13-6)9-5(12)3-4-8/h2-3H2,1H3,(H,9,11,12). The van der Waals surface area contributed by atoms with Crippen LogP contribution in [0.2, 0.25) is 0 Å². The minimum atomic E-state index is -0.346. The van der Waals surface area contributed by atoms with Gasteiger partial charge in [-0.1, -0.05) is 18.3 Å². The van der Waals surface area contributed by atoms with Crippen LogP contribution in [-0.4, -0.2) is 16.1 Å². The van der Waals surface area contributed by atoms with Crippen molar-refractivity contribution in [1.82, 2.24) is 10.2 Å². The highest BCUT2D eigenvalue weighted by atomic mass is 32.1. The summed E-state index contributed by atoms with van der Waals surface area (Å²) < 4.78 is 0. The normalized spacial score (nSPS) is 9.23. The van der Waals surface area contributed by atoms with Crippen molar-refractivity contribution in [3.63, 3.8) is 0 Å². The van der Waals surface area contributed by atoms with E-state index in [1.807, 2.05) is 6.92 Å². The van der Waals surface area contributed by atoms with E-state index in [1.54, 1.807) is 6.07 Å². The molecule has 5 nitrogen and oxygen atoms in total. The molecule has 1 heterocycles. The summed E-state index contributed by atoms with van der Waals surface area (Å²) in [7, 11) is 0. The molecule has 0 aromatic carbocycles. The van der Waals surface area contributed by atoms with E-state index in [9.17, 15) is 4.79 Å². The first-order chi connectivity index (χ1) is 6.26. The van der Waals surface area contributed by atoms with Gasteiger partial charge in [-0.15, -0.1) is 10.2 Å². The lowest BCUT2D eigenvalue weighted by atomic mass is 10.4. The Morgan fingerprint density at radius 3 is 3.00 bits per heavy atom. The quantitative estimate of drug-likeness (QED) is 0.780. The second kappa shape index (κ2) is 4.52. The molecule has 0 aliphatic carbocycles. The smallest absolute Gasteiger partial charge is 0.240 e. The molecule has 1 rings (SSSR count). The molecule has 68 valence electrons. The van der Waals surface area contributed by atoms with E-state index in [0.717, 1.165) is 11.4 Å². The number of nitriles is 1. The molecule has 1 aromatic heterocycles. The molecule has 0 unspecified atom stereocenters. The van der Waals surface area contributed by atoms with Crippen LogP contribution in [0.25, 0.3) is 0 Å². The van der Waals surface area contributed by atoms with Gasteiger partial charge in [0.05, 0.1) is 6.07 Å². The molecule has 1 aromatic rings. The highest BCUT2D eigenvalue weighted by molar-refractivity contribution is 7.15. The van der Waals surface area contributed by atoms with E-state index < -0.39 is 0 Å². The second-order valence-electron chi connectivity index (χ2n) is 2.24. The van der Waals surface area contributed by atoms with Crippen LogP contribution in [-0.2, 0) is 11.2 Å². The Morgan fingerprint density at radius 2 is 2.46 bits per heavy atom. The van der Waals surface area contributed by atoms with Gasteiger partial charge in [0.2, 0.25) is 11.0 Å². The largest absolute Gasteiger partial charge is 0.300 e. The van der Waals surface area contributed by atoms with Crippen molar-refractivity contribution in [2.45, 2.75) is 19.8 Å². The summed E-state index contributed by atoms with van der Waals surface area (Å²) in [6.45, 7) is 1.96. The minimum absolute atomic E-state index is 0.152. The molecule has 6 heteroatoms. The molecule has 0 saturated heterocycles. The predicted octanol–water partition coefficient (Wildman–Crippen LogP) is 0.953. The summed E-state index contributed by atoms with van der Waals surface area (Å²) in [5, 5.41) is 19.6. The molecule has 1 amide bonds. The molecular weight excluding hydrogens is 188 g/mol. The number of aryl methyl sites for hydroxylation is 1. The van der Waals surface area contributed by atoms with Crippen LogP contribution in [0.15, 0.2) is 0 Å². The first-order valence-electron chi connectivity index (χ1n) is 3.75. The lowest BCUT2D eigenvalue weighted by molar-refractivity contribution is -0.115. The Bertz CT molecular complexity index is 341. The molecule has 0 atom stereocenters. The van der Waals surface area contributed by atoms with Crippen molar-refractivity contribution >= 4 is 22.4 Å². The van der Waals surface area contributed by atoms with Crippen molar-refractivity contribution in [3.8, 4) is 6.07 Å². The molecule has 0 fully saturated rings. The number of carbonyl (C=O) groups excluding carboxylic acids is 1. The van der Waals surface area contributed by atoms with Gasteiger partial charge in [-0.25, -0.2) is 0 Å². The summed E-state index contributed by atoms with van der Waals surface area (Å²) >= 11 is 1.32. The highest BCUT2D eigenvalue weighted by Crippen LogP contribution is 2.15. The Balaban J connectivity index is 2.55. The Hall–Kier alpha value is -1.48. The summed E-state index contributed by atoms with van der Waals surface area (Å²) in [6, 6.07) is 1.75. The monoisotopic (exact) mass is 196 g/mol. The van der Waals surface area contributed by atoms with Crippen molar-refractivity contribution in [2.75, 3.05) is 5.32 Å². The summed E-state index contributed by atoms with van der Waals surface area (Å²) in [6.07, 6.45) is 0.646. The van der Waals surface area contributed by atoms with E-state index >= 15 is 0 Å². The second-order valence-corrected chi connectivity index (χ2v) is 3.30. The summed E-state index contributed by atoms with van der Waals surface area (Å²) in [5.41, 5.74) is 0. The molecule has 1 N–H and O–H groups in total. The fourth-order valence-corrected chi connectivity index (χ4v) is 1.38. The Labute approximate surface area is 79.4 Å². The third-order valence-corrected chi connectivity index (χ3v) is 2.24. The maximum absolute atomic E-state index is 10.9. The van der Waals surface area contributed by atoms with Crippen molar-refractivity contribution in [2.24, 2.45) is 0 Å². The van der Waals surface area contributed by atoms with Crippen LogP contribution in [0.3, 0.4) is 0 Å². The van der Waals surface area contributed by atoms with Gasteiger partial charge in [0.25, 0.3) is 0 Å². The van der Waals surface area contributed by atoms with E-state index in [2.05, 4.69) is 15.5 Å². The van der Waals surface area contributed by atoms with Gasteiger partial charge in [0, 0.05) is 0 Å². The van der Waals surface area contributed by atoms with Gasteiger partial charge in [0.1, 0.15) is 11.4 Å². The van der Waals surface area contributed by atoms with Crippen LogP contribution in [0.4, 0.5) is 5.13 Å². The van der Waals surface area contributed by atoms with Gasteiger partial charge in [-0.05, 0) is 6.42 Å². The van der Waals surface area contributed by atoms with Crippen molar-refractivity contribution < 1.29 is 4.79 Å². The number of anilines is 1. The Morgan fingerprint density at radius 1 is 1.69 bits per heavy atom. The minimum Gasteiger partial charge on any atom is -0.300 e. The first kappa shape index (κ1) is 9.61. The lowest BCUT2D eigenvalue weighted by Gasteiger charge is -1.93. The number of nitrogens with one attached hydrogen (secondary N) is 1. The molecule has 0 aliphatic heterocycles. The topological polar surface area (TPSA) is 78.7 Å². The summed E-state index contributed by atoms with van der Waals surface area (Å²) in [5.74, 6) is -0.346. The number of amides is 1. The number of carbonyl (C=O) groups is 1. The van der Waals surface area contributed by atoms with Gasteiger partial charge in [-0.3, -0.25) is 10.1 Å². The highest BCUT2D eigenvalue weighted by Gasteiger charge is 2.05. The van der Waals surface area contributed by atoms with Crippen LogP contribution in [0.5, 0.6) is 0 Å². The maximum Gasteiger partial charge on any atom is 0.240 e. The fourth-order valence-electron chi connectivity index (χ4n) is 0.682. The third-order valence-electron chi connectivity index (χ3n) is 1.26. The van der Waals surface area contributed by atoms with Crippen LogP contribution in [0.1, 0.15) is 18.4 Å². The summed E-state index contributed by atoms with van der Waals surface area (Å²) in [4.78, 5) is 10.9. The number of nitrogens with zero attached hydrogens (tertiary/aromatic N) is 3. The molecule has 0 saturated carbocycles. The van der Waals surface area contributed by atoms with Gasteiger partial charge in [-0.2, -0.15) is 5.26 Å². The van der Waals surface area contributed by atoms with Crippen LogP contribution < -0.4 is 5.32 Å². The van der Waals surface area contributed by atoms with E-state index in [-0.39, 0.29) is 12.3 Å². The molecular formula is C7H8N4OS. The van der Waals surface area contributed by atoms with Crippen LogP contribution in [0, 0.1) is 11.3 Å². The lowest BCUT2D eigenvalue weighted by Crippen LogP contribution is -2.09. The Kier molecular flexibility index (Phi) is 3.34. The zero-order valence-electron chi connectivity index (χ0n) is 7.07. The predicted molar refractivity (Wildman–Crippen MR) is 48.1 cm³/mol. The number of rotatable bonds is 3. The number of aromatic nitrogens is 2.